The van der Waals surface area contributed by atoms with Crippen LogP contribution in [0.15, 0.2) is 28.0 Å². The van der Waals surface area contributed by atoms with Gasteiger partial charge in [0.15, 0.2) is 5.75 Å². The number of benzene rings is 1. The summed E-state index contributed by atoms with van der Waals surface area (Å²) < 4.78 is 67.9. The van der Waals surface area contributed by atoms with Gasteiger partial charge in [0.05, 0.1) is 4.90 Å². The van der Waals surface area contributed by atoms with Crippen molar-refractivity contribution in [2.24, 2.45) is 0 Å². The molecule has 0 atom stereocenters. The van der Waals surface area contributed by atoms with Gasteiger partial charge in [-0.05, 0) is 24.6 Å². The summed E-state index contributed by atoms with van der Waals surface area (Å²) in [5, 5.41) is 0. The molecule has 0 aromatic heterocycles. The van der Waals surface area contributed by atoms with E-state index in [4.69, 9.17) is 9.29 Å². The summed E-state index contributed by atoms with van der Waals surface area (Å²) >= 11 is 0. The molecule has 0 aliphatic carbocycles. The Kier molecular flexibility index (Phi) is 11.2. The summed E-state index contributed by atoms with van der Waals surface area (Å²) in [6.45, 7) is 2.09. The molecule has 1 rings (SSSR count). The molecule has 2 N–H and O–H groups in total. The number of ether oxygens (including phenoxy) is 1. The average Bonchev–Trinajstić information content (AvgIpc) is 2.49. The third-order valence-corrected chi connectivity index (χ3v) is 5.17. The first-order valence-corrected chi connectivity index (χ1v) is 10.7. The molecular formula is C15H23NaO8S2. The number of hydrogen-bond acceptors (Lipinski definition) is 6. The second kappa shape index (κ2) is 11.4. The SMILES string of the molecule is CCCCCCCCC(=O)Oc1ccc(S(=O)(=O)O)cc1S(=O)(=O)O.[H-].[Na+]. The van der Waals surface area contributed by atoms with Gasteiger partial charge in [0.25, 0.3) is 20.2 Å². The Morgan fingerprint density at radius 1 is 1.00 bits per heavy atom. The molecule has 0 heterocycles. The molecule has 0 aliphatic rings. The van der Waals surface area contributed by atoms with Crippen LogP contribution in [0.25, 0.3) is 0 Å². The van der Waals surface area contributed by atoms with E-state index in [9.17, 15) is 26.2 Å². The molecule has 0 saturated heterocycles. The van der Waals surface area contributed by atoms with Gasteiger partial charge in [-0.15, -0.1) is 0 Å². The van der Waals surface area contributed by atoms with Crippen molar-refractivity contribution in [1.29, 1.82) is 0 Å². The van der Waals surface area contributed by atoms with Crippen LogP contribution in [0.5, 0.6) is 5.75 Å². The summed E-state index contributed by atoms with van der Waals surface area (Å²) in [5.41, 5.74) is 0. The first-order valence-electron chi connectivity index (χ1n) is 7.85. The second-order valence-electron chi connectivity index (χ2n) is 5.55. The Morgan fingerprint density at radius 3 is 2.12 bits per heavy atom. The van der Waals surface area contributed by atoms with Crippen molar-refractivity contribution in [3.05, 3.63) is 18.2 Å². The maximum atomic E-state index is 11.8. The van der Waals surface area contributed by atoms with E-state index in [-0.39, 0.29) is 37.4 Å². The molecule has 1 aromatic rings. The zero-order valence-electron chi connectivity index (χ0n) is 15.8. The van der Waals surface area contributed by atoms with Gasteiger partial charge in [-0.2, -0.15) is 16.8 Å². The fourth-order valence-corrected chi connectivity index (χ4v) is 3.38. The van der Waals surface area contributed by atoms with E-state index in [1.54, 1.807) is 0 Å². The van der Waals surface area contributed by atoms with Crippen LogP contribution in [0.3, 0.4) is 0 Å². The monoisotopic (exact) mass is 418 g/mol. The zero-order chi connectivity index (χ0) is 19.1. The van der Waals surface area contributed by atoms with Crippen LogP contribution in [0, 0.1) is 0 Å². The summed E-state index contributed by atoms with van der Waals surface area (Å²) in [6, 6.07) is 2.29. The fraction of sp³-hybridized carbons (Fsp3) is 0.533. The molecule has 8 nitrogen and oxygen atoms in total. The van der Waals surface area contributed by atoms with Crippen LogP contribution in [-0.4, -0.2) is 31.9 Å². The van der Waals surface area contributed by atoms with Crippen molar-refractivity contribution in [2.45, 2.75) is 61.7 Å². The van der Waals surface area contributed by atoms with Gasteiger partial charge in [0, 0.05) is 6.42 Å². The molecule has 11 heteroatoms. The Hall–Kier alpha value is -0.490. The summed E-state index contributed by atoms with van der Waals surface area (Å²) in [7, 11) is -9.52. The van der Waals surface area contributed by atoms with Crippen molar-refractivity contribution in [1.82, 2.24) is 0 Å². The number of rotatable bonds is 10. The predicted molar refractivity (Wildman–Crippen MR) is 90.8 cm³/mol. The Bertz CT molecular complexity index is 809. The van der Waals surface area contributed by atoms with Gasteiger partial charge < -0.3 is 6.16 Å². The minimum atomic E-state index is -4.85. The van der Waals surface area contributed by atoms with Gasteiger partial charge in [-0.3, -0.25) is 13.9 Å². The van der Waals surface area contributed by atoms with Crippen LogP contribution in [0.1, 0.15) is 53.3 Å². The molecule has 0 amide bonds. The largest absolute Gasteiger partial charge is 1.00 e. The summed E-state index contributed by atoms with van der Waals surface area (Å²) in [5.74, 6) is -1.19. The van der Waals surface area contributed by atoms with E-state index in [0.717, 1.165) is 44.2 Å². The molecule has 0 fully saturated rings. The second-order valence-corrected chi connectivity index (χ2v) is 8.36. The van der Waals surface area contributed by atoms with Crippen LogP contribution < -0.4 is 34.3 Å². The molecule has 0 bridgehead atoms. The number of hydrogen-bond donors (Lipinski definition) is 2. The molecule has 1 aromatic carbocycles. The Balaban J connectivity index is 0. The fourth-order valence-electron chi connectivity index (χ4n) is 2.16. The molecular weight excluding hydrogens is 395 g/mol. The molecule has 144 valence electrons. The quantitative estimate of drug-likeness (QED) is 0.178. The average molecular weight is 418 g/mol. The van der Waals surface area contributed by atoms with Crippen molar-refractivity contribution < 1.29 is 66.5 Å². The molecule has 0 unspecified atom stereocenters. The number of unbranched alkanes of at least 4 members (excludes halogenated alkanes) is 5. The van der Waals surface area contributed by atoms with Gasteiger partial charge in [0.2, 0.25) is 0 Å². The molecule has 0 saturated carbocycles. The van der Waals surface area contributed by atoms with E-state index >= 15 is 0 Å². The van der Waals surface area contributed by atoms with Crippen LogP contribution in [0.4, 0.5) is 0 Å². The van der Waals surface area contributed by atoms with Gasteiger partial charge in [-0.25, -0.2) is 0 Å². The molecule has 0 radical (unpaired) electrons. The normalized spacial score (nSPS) is 11.7. The van der Waals surface area contributed by atoms with E-state index in [0.29, 0.717) is 12.5 Å². The molecule has 0 spiro atoms. The summed E-state index contributed by atoms with van der Waals surface area (Å²) in [6.07, 6.45) is 5.78. The van der Waals surface area contributed by atoms with Crippen molar-refractivity contribution in [3.63, 3.8) is 0 Å². The first-order chi connectivity index (χ1) is 11.6. The van der Waals surface area contributed by atoms with Crippen molar-refractivity contribution in [2.75, 3.05) is 0 Å². The van der Waals surface area contributed by atoms with Crippen LogP contribution in [-0.2, 0) is 25.0 Å². The van der Waals surface area contributed by atoms with Crippen molar-refractivity contribution in [3.8, 4) is 5.75 Å². The molecule has 26 heavy (non-hydrogen) atoms. The standard InChI is InChI=1S/C15H22O8S2.Na.H/c1-2-3-4-5-6-7-8-15(16)23-13-10-9-12(24(17,18)19)11-14(13)25(20,21)22;;/h9-11H,2-8H2,1H3,(H,17,18,19)(H,20,21,22);;/q;+1;-1. The zero-order valence-corrected chi connectivity index (χ0v) is 18.5. The van der Waals surface area contributed by atoms with Crippen molar-refractivity contribution >= 4 is 26.2 Å². The smallest absolute Gasteiger partial charge is 1.00 e. The van der Waals surface area contributed by atoms with E-state index in [2.05, 4.69) is 6.92 Å². The maximum absolute atomic E-state index is 11.8. The number of esters is 1. The van der Waals surface area contributed by atoms with Gasteiger partial charge in [-0.1, -0.05) is 39.0 Å². The minimum Gasteiger partial charge on any atom is -1.00 e. The van der Waals surface area contributed by atoms with E-state index in [1.807, 2.05) is 0 Å². The third-order valence-electron chi connectivity index (χ3n) is 3.45. The van der Waals surface area contributed by atoms with Crippen LogP contribution in [0.2, 0.25) is 0 Å². The Morgan fingerprint density at radius 2 is 1.58 bits per heavy atom. The minimum absolute atomic E-state index is 0. The first kappa shape index (κ1) is 25.5. The maximum Gasteiger partial charge on any atom is 1.00 e. The van der Waals surface area contributed by atoms with Crippen LogP contribution >= 0.6 is 0 Å². The summed E-state index contributed by atoms with van der Waals surface area (Å²) in [4.78, 5) is 10.2. The van der Waals surface area contributed by atoms with E-state index in [1.165, 1.54) is 0 Å². The molecule has 0 aliphatic heterocycles. The van der Waals surface area contributed by atoms with E-state index < -0.39 is 41.7 Å². The predicted octanol–water partition coefficient (Wildman–Crippen LogP) is -0.0475. The number of carbonyl (C=O) groups is 1. The Labute approximate surface area is 177 Å². The van der Waals surface area contributed by atoms with Gasteiger partial charge in [0.1, 0.15) is 4.90 Å². The topological polar surface area (TPSA) is 135 Å². The third kappa shape index (κ3) is 8.94. The number of carbonyl (C=O) groups excluding carboxylic acids is 1. The van der Waals surface area contributed by atoms with Gasteiger partial charge >= 0.3 is 35.5 Å².